The van der Waals surface area contributed by atoms with Gasteiger partial charge in [0.05, 0.1) is 12.0 Å². The number of alkyl halides is 3. The van der Waals surface area contributed by atoms with E-state index in [2.05, 4.69) is 6.08 Å². The van der Waals surface area contributed by atoms with E-state index in [9.17, 15) is 18.3 Å². The molecule has 4 aliphatic carbocycles. The summed E-state index contributed by atoms with van der Waals surface area (Å²) in [6.07, 6.45) is 11.1. The zero-order valence-electron chi connectivity index (χ0n) is 17.0. The topological polar surface area (TPSA) is 20.2 Å². The van der Waals surface area contributed by atoms with Crippen molar-refractivity contribution in [3.05, 3.63) is 11.6 Å². The van der Waals surface area contributed by atoms with Crippen LogP contribution in [0, 0.1) is 35.5 Å². The van der Waals surface area contributed by atoms with Gasteiger partial charge in [0.1, 0.15) is 0 Å². The van der Waals surface area contributed by atoms with Crippen LogP contribution in [-0.2, 0) is 32.7 Å². The summed E-state index contributed by atoms with van der Waals surface area (Å²) in [5, 5.41) is 10.3. The quantitative estimate of drug-likeness (QED) is 0.455. The molecule has 4 unspecified atom stereocenters. The number of hydrogen-bond donors (Lipinski definition) is 1. The summed E-state index contributed by atoms with van der Waals surface area (Å²) in [6.45, 7) is 0. The van der Waals surface area contributed by atoms with Crippen molar-refractivity contribution >= 4 is 0 Å². The maximum absolute atomic E-state index is 12.9. The predicted molar refractivity (Wildman–Crippen MR) is 101 cm³/mol. The third-order valence-corrected chi connectivity index (χ3v) is 8.54. The van der Waals surface area contributed by atoms with Gasteiger partial charge in [-0.05, 0) is 87.9 Å². The SMILES string of the molecule is OC1CC(C(F)(F)F)CCC1C1=CCC(C2CCC(C3CCC3)CC2)CC1.[Y]. The van der Waals surface area contributed by atoms with E-state index >= 15 is 0 Å². The van der Waals surface area contributed by atoms with Crippen molar-refractivity contribution in [2.45, 2.75) is 95.8 Å². The third kappa shape index (κ3) is 5.25. The Kier molecular flexibility index (Phi) is 8.15. The number of halogens is 3. The molecule has 0 aromatic heterocycles. The van der Waals surface area contributed by atoms with Crippen LogP contribution in [0.5, 0.6) is 0 Å². The molecule has 0 aromatic rings. The molecular weight excluding hydrogens is 438 g/mol. The van der Waals surface area contributed by atoms with Crippen molar-refractivity contribution in [1.29, 1.82) is 0 Å². The Morgan fingerprint density at radius 3 is 1.86 bits per heavy atom. The van der Waals surface area contributed by atoms with Crippen LogP contribution < -0.4 is 0 Å². The number of aliphatic hydroxyl groups excluding tert-OH is 1. The molecule has 4 rings (SSSR count). The van der Waals surface area contributed by atoms with Crippen molar-refractivity contribution in [2.24, 2.45) is 35.5 Å². The van der Waals surface area contributed by atoms with Crippen LogP contribution in [0.2, 0.25) is 0 Å². The molecule has 1 nitrogen and oxygen atoms in total. The van der Waals surface area contributed by atoms with E-state index in [1.807, 2.05) is 0 Å². The molecule has 0 amide bonds. The summed E-state index contributed by atoms with van der Waals surface area (Å²) >= 11 is 0. The van der Waals surface area contributed by atoms with Crippen LogP contribution in [-0.4, -0.2) is 17.4 Å². The Morgan fingerprint density at radius 1 is 0.786 bits per heavy atom. The van der Waals surface area contributed by atoms with Gasteiger partial charge >= 0.3 is 6.18 Å². The largest absolute Gasteiger partial charge is 0.392 e. The second-order valence-electron chi connectivity index (χ2n) is 9.90. The fourth-order valence-corrected chi connectivity index (χ4v) is 6.52. The maximum Gasteiger partial charge on any atom is 0.391 e. The standard InChI is InChI=1S/C23H35F3O.Y/c24-23(25,26)20-12-13-21(22(27)14-20)19-10-8-18(9-11-19)17-6-4-16(5-7-17)15-2-1-3-15;/h10,15-18,20-22,27H,1-9,11-14H2;. The Balaban J connectivity index is 0.00000225. The van der Waals surface area contributed by atoms with E-state index in [1.165, 1.54) is 56.9 Å². The van der Waals surface area contributed by atoms with Crippen molar-refractivity contribution in [1.82, 2.24) is 0 Å². The van der Waals surface area contributed by atoms with E-state index in [0.29, 0.717) is 6.42 Å². The van der Waals surface area contributed by atoms with Crippen molar-refractivity contribution in [3.63, 3.8) is 0 Å². The second kappa shape index (κ2) is 9.81. The van der Waals surface area contributed by atoms with Crippen LogP contribution >= 0.6 is 0 Å². The summed E-state index contributed by atoms with van der Waals surface area (Å²) in [4.78, 5) is 0. The van der Waals surface area contributed by atoms with E-state index in [0.717, 1.165) is 36.5 Å². The van der Waals surface area contributed by atoms with Gasteiger partial charge in [-0.15, -0.1) is 0 Å². The Hall–Kier alpha value is 0.594. The fraction of sp³-hybridized carbons (Fsp3) is 0.913. The average molecular weight is 473 g/mol. The first kappa shape index (κ1) is 23.3. The molecule has 0 bridgehead atoms. The van der Waals surface area contributed by atoms with Gasteiger partial charge in [0.2, 0.25) is 0 Å². The Morgan fingerprint density at radius 2 is 1.39 bits per heavy atom. The zero-order chi connectivity index (χ0) is 19.0. The number of rotatable bonds is 3. The molecule has 5 heteroatoms. The summed E-state index contributed by atoms with van der Waals surface area (Å²) in [7, 11) is 0. The van der Waals surface area contributed by atoms with Crippen molar-refractivity contribution in [2.75, 3.05) is 0 Å². The Bertz CT molecular complexity index is 534. The molecule has 28 heavy (non-hydrogen) atoms. The van der Waals surface area contributed by atoms with Crippen LogP contribution in [0.1, 0.15) is 83.5 Å². The summed E-state index contributed by atoms with van der Waals surface area (Å²) < 4.78 is 38.8. The van der Waals surface area contributed by atoms with E-state index < -0.39 is 18.2 Å². The molecule has 0 spiro atoms. The van der Waals surface area contributed by atoms with Gasteiger partial charge in [0.15, 0.2) is 0 Å². The van der Waals surface area contributed by atoms with Crippen LogP contribution in [0.15, 0.2) is 11.6 Å². The smallest absolute Gasteiger partial charge is 0.391 e. The average Bonchev–Trinajstić information content (AvgIpc) is 2.60. The molecule has 0 heterocycles. The first-order chi connectivity index (χ1) is 12.9. The zero-order valence-corrected chi connectivity index (χ0v) is 19.8. The van der Waals surface area contributed by atoms with Gasteiger partial charge in [0.25, 0.3) is 0 Å². The minimum atomic E-state index is -4.16. The van der Waals surface area contributed by atoms with Crippen molar-refractivity contribution in [3.8, 4) is 0 Å². The van der Waals surface area contributed by atoms with Crippen molar-refractivity contribution < 1.29 is 51.0 Å². The number of aliphatic hydroxyl groups is 1. The van der Waals surface area contributed by atoms with E-state index in [4.69, 9.17) is 0 Å². The number of hydrogen-bond acceptors (Lipinski definition) is 1. The summed E-state index contributed by atoms with van der Waals surface area (Å²) in [5.74, 6) is 2.29. The molecular formula is C23H35F3OY. The molecule has 3 fully saturated rings. The van der Waals surface area contributed by atoms with Gasteiger partial charge in [-0.25, -0.2) is 0 Å². The van der Waals surface area contributed by atoms with E-state index in [-0.39, 0.29) is 51.5 Å². The van der Waals surface area contributed by atoms with E-state index in [1.54, 1.807) is 0 Å². The number of allylic oxidation sites excluding steroid dienone is 1. The first-order valence-electron chi connectivity index (χ1n) is 11.4. The summed E-state index contributed by atoms with van der Waals surface area (Å²) in [5.41, 5.74) is 1.25. The molecule has 157 valence electrons. The molecule has 4 aliphatic rings. The maximum atomic E-state index is 12.9. The monoisotopic (exact) mass is 473 g/mol. The molecule has 0 saturated heterocycles. The molecule has 1 N–H and O–H groups in total. The predicted octanol–water partition coefficient (Wildman–Crippen LogP) is 6.66. The van der Waals surface area contributed by atoms with Crippen LogP contribution in [0.25, 0.3) is 0 Å². The molecule has 4 atom stereocenters. The molecule has 0 aromatic carbocycles. The van der Waals surface area contributed by atoms with Gasteiger partial charge in [-0.3, -0.25) is 0 Å². The minimum absolute atomic E-state index is 0. The van der Waals surface area contributed by atoms with Gasteiger partial charge in [-0.2, -0.15) is 13.2 Å². The summed E-state index contributed by atoms with van der Waals surface area (Å²) in [6, 6.07) is 0. The minimum Gasteiger partial charge on any atom is -0.392 e. The second-order valence-corrected chi connectivity index (χ2v) is 9.90. The van der Waals surface area contributed by atoms with Gasteiger partial charge in [-0.1, -0.05) is 30.9 Å². The van der Waals surface area contributed by atoms with Gasteiger partial charge in [0, 0.05) is 38.6 Å². The Labute approximate surface area is 193 Å². The van der Waals surface area contributed by atoms with Crippen LogP contribution in [0.4, 0.5) is 13.2 Å². The molecule has 0 aliphatic heterocycles. The first-order valence-corrected chi connectivity index (χ1v) is 11.4. The fourth-order valence-electron chi connectivity index (χ4n) is 6.52. The van der Waals surface area contributed by atoms with Gasteiger partial charge < -0.3 is 5.11 Å². The normalized spacial score (nSPS) is 40.2. The van der Waals surface area contributed by atoms with Crippen LogP contribution in [0.3, 0.4) is 0 Å². The molecule has 1 radical (unpaired) electrons. The third-order valence-electron chi connectivity index (χ3n) is 8.54. The molecule has 3 saturated carbocycles.